The van der Waals surface area contributed by atoms with Crippen molar-refractivity contribution >= 4 is 57.5 Å². The van der Waals surface area contributed by atoms with Gasteiger partial charge < -0.3 is 0 Å². The molecule has 4 heterocycles. The average Bonchev–Trinajstić information content (AvgIpc) is 3.50. The first-order chi connectivity index (χ1) is 15.3. The first-order valence-corrected chi connectivity index (χ1v) is 12.3. The van der Waals surface area contributed by atoms with Crippen LogP contribution in [0.3, 0.4) is 0 Å². The SMILES string of the molecule is Cc1cc(-c2c(C)[nH]n(-c3nc(-c4sccc4Cl)cs3)c2=O)n(-c2ccc(Cl)cc2Cl)n1. The van der Waals surface area contributed by atoms with Gasteiger partial charge in [0.25, 0.3) is 5.56 Å². The Kier molecular flexibility index (Phi) is 5.51. The van der Waals surface area contributed by atoms with Gasteiger partial charge in [-0.25, -0.2) is 9.67 Å². The first-order valence-electron chi connectivity index (χ1n) is 9.37. The van der Waals surface area contributed by atoms with Gasteiger partial charge in [-0.3, -0.25) is 9.89 Å². The third-order valence-electron chi connectivity index (χ3n) is 4.83. The van der Waals surface area contributed by atoms with E-state index in [0.717, 1.165) is 16.3 Å². The standard InChI is InChI=1S/C21H14Cl3N5OS2/c1-10-7-17(28(26-10)16-4-3-12(22)8-14(16)24)18-11(2)27-29(20(18)30)21-25-15(9-32-21)19-13(23)5-6-31-19/h3-9,27H,1-2H3. The van der Waals surface area contributed by atoms with Crippen LogP contribution in [0.1, 0.15) is 11.4 Å². The largest absolute Gasteiger partial charge is 0.293 e. The quantitative estimate of drug-likeness (QED) is 0.283. The molecule has 0 radical (unpaired) electrons. The lowest BCUT2D eigenvalue weighted by Gasteiger charge is -2.08. The zero-order valence-electron chi connectivity index (χ0n) is 16.7. The zero-order valence-corrected chi connectivity index (χ0v) is 20.6. The number of rotatable bonds is 4. The number of thiophene rings is 1. The van der Waals surface area contributed by atoms with Gasteiger partial charge >= 0.3 is 0 Å². The van der Waals surface area contributed by atoms with E-state index in [2.05, 4.69) is 15.2 Å². The van der Waals surface area contributed by atoms with E-state index in [-0.39, 0.29) is 5.56 Å². The Hall–Kier alpha value is -2.36. The second-order valence-electron chi connectivity index (χ2n) is 7.04. The molecule has 1 aromatic carbocycles. The van der Waals surface area contributed by atoms with E-state index in [1.54, 1.807) is 22.9 Å². The van der Waals surface area contributed by atoms with Gasteiger partial charge in [0.15, 0.2) is 0 Å². The molecule has 0 atom stereocenters. The molecule has 11 heteroatoms. The van der Waals surface area contributed by atoms with Crippen molar-refractivity contribution < 1.29 is 0 Å². The predicted molar refractivity (Wildman–Crippen MR) is 132 cm³/mol. The van der Waals surface area contributed by atoms with Gasteiger partial charge in [0.05, 0.1) is 43.3 Å². The minimum Gasteiger partial charge on any atom is -0.293 e. The molecule has 5 rings (SSSR count). The highest BCUT2D eigenvalue weighted by Crippen LogP contribution is 2.35. The number of hydrogen-bond donors (Lipinski definition) is 1. The van der Waals surface area contributed by atoms with Crippen molar-refractivity contribution in [3.8, 4) is 32.6 Å². The van der Waals surface area contributed by atoms with Crippen LogP contribution in [0.4, 0.5) is 0 Å². The molecule has 5 aromatic rings. The van der Waals surface area contributed by atoms with Crippen LogP contribution in [0, 0.1) is 13.8 Å². The number of benzene rings is 1. The predicted octanol–water partition coefficient (Wildman–Crippen LogP) is 6.78. The number of hydrogen-bond acceptors (Lipinski definition) is 5. The van der Waals surface area contributed by atoms with Gasteiger partial charge in [0.2, 0.25) is 5.13 Å². The van der Waals surface area contributed by atoms with Gasteiger partial charge in [-0.15, -0.1) is 22.7 Å². The topological polar surface area (TPSA) is 68.5 Å². The van der Waals surface area contributed by atoms with Gasteiger partial charge in [0, 0.05) is 16.1 Å². The highest BCUT2D eigenvalue weighted by molar-refractivity contribution is 7.15. The van der Waals surface area contributed by atoms with Crippen LogP contribution < -0.4 is 5.56 Å². The molecule has 32 heavy (non-hydrogen) atoms. The Morgan fingerprint density at radius 2 is 1.84 bits per heavy atom. The Labute approximate surface area is 205 Å². The molecule has 0 aliphatic heterocycles. The highest BCUT2D eigenvalue weighted by Gasteiger charge is 2.22. The van der Waals surface area contributed by atoms with Crippen LogP contribution in [0.25, 0.3) is 32.6 Å². The fourth-order valence-corrected chi connectivity index (χ4v) is 5.89. The zero-order chi connectivity index (χ0) is 22.6. The number of aromatic amines is 1. The molecule has 0 spiro atoms. The van der Waals surface area contributed by atoms with Crippen molar-refractivity contribution in [1.29, 1.82) is 0 Å². The van der Waals surface area contributed by atoms with E-state index in [1.807, 2.05) is 36.7 Å². The number of nitrogens with one attached hydrogen (secondary N) is 1. The Bertz CT molecular complexity index is 1520. The average molecular weight is 523 g/mol. The second-order valence-corrected chi connectivity index (χ2v) is 10.0. The lowest BCUT2D eigenvalue weighted by molar-refractivity contribution is 0.827. The van der Waals surface area contributed by atoms with Crippen LogP contribution in [0.2, 0.25) is 15.1 Å². The molecule has 0 unspecified atom stereocenters. The number of thiazole rings is 1. The Balaban J connectivity index is 1.63. The number of aromatic nitrogens is 5. The second kappa shape index (κ2) is 8.20. The van der Waals surface area contributed by atoms with Crippen molar-refractivity contribution in [1.82, 2.24) is 24.5 Å². The van der Waals surface area contributed by atoms with Crippen LogP contribution >= 0.6 is 57.5 Å². The molecule has 0 aliphatic carbocycles. The lowest BCUT2D eigenvalue weighted by Crippen LogP contribution is -2.16. The summed E-state index contributed by atoms with van der Waals surface area (Å²) in [6.45, 7) is 3.70. The summed E-state index contributed by atoms with van der Waals surface area (Å²) in [7, 11) is 0. The van der Waals surface area contributed by atoms with Crippen LogP contribution in [-0.4, -0.2) is 24.5 Å². The van der Waals surface area contributed by atoms with Crippen molar-refractivity contribution in [3.05, 3.63) is 77.9 Å². The summed E-state index contributed by atoms with van der Waals surface area (Å²) in [5.74, 6) is 0. The minimum atomic E-state index is -0.230. The van der Waals surface area contributed by atoms with E-state index in [4.69, 9.17) is 34.8 Å². The van der Waals surface area contributed by atoms with E-state index in [9.17, 15) is 4.79 Å². The number of nitrogens with zero attached hydrogens (tertiary/aromatic N) is 4. The molecule has 0 bridgehead atoms. The van der Waals surface area contributed by atoms with Crippen molar-refractivity contribution in [3.63, 3.8) is 0 Å². The van der Waals surface area contributed by atoms with E-state index in [0.29, 0.717) is 42.8 Å². The Morgan fingerprint density at radius 1 is 1.03 bits per heavy atom. The van der Waals surface area contributed by atoms with Gasteiger partial charge in [-0.2, -0.15) is 9.78 Å². The molecule has 4 aromatic heterocycles. The van der Waals surface area contributed by atoms with Crippen molar-refractivity contribution in [2.24, 2.45) is 0 Å². The summed E-state index contributed by atoms with van der Waals surface area (Å²) in [6.07, 6.45) is 0. The fourth-order valence-electron chi connectivity index (χ4n) is 3.44. The van der Waals surface area contributed by atoms with E-state index in [1.165, 1.54) is 27.4 Å². The van der Waals surface area contributed by atoms with Crippen LogP contribution in [-0.2, 0) is 0 Å². The lowest BCUT2D eigenvalue weighted by atomic mass is 10.1. The molecule has 0 amide bonds. The summed E-state index contributed by atoms with van der Waals surface area (Å²) in [4.78, 5) is 19.0. The summed E-state index contributed by atoms with van der Waals surface area (Å²) in [5.41, 5.74) is 3.69. The van der Waals surface area contributed by atoms with Crippen molar-refractivity contribution in [2.75, 3.05) is 0 Å². The molecule has 0 fully saturated rings. The third kappa shape index (κ3) is 3.62. The minimum absolute atomic E-state index is 0.230. The molecule has 0 saturated carbocycles. The van der Waals surface area contributed by atoms with E-state index < -0.39 is 0 Å². The van der Waals surface area contributed by atoms with Gasteiger partial charge in [-0.05, 0) is 49.6 Å². The maximum absolute atomic E-state index is 13.5. The number of H-pyrrole nitrogens is 1. The van der Waals surface area contributed by atoms with Gasteiger partial charge in [-0.1, -0.05) is 34.8 Å². The summed E-state index contributed by atoms with van der Waals surface area (Å²) >= 11 is 21.6. The van der Waals surface area contributed by atoms with Crippen LogP contribution in [0.15, 0.2) is 45.9 Å². The van der Waals surface area contributed by atoms with E-state index >= 15 is 0 Å². The van der Waals surface area contributed by atoms with Crippen LogP contribution in [0.5, 0.6) is 0 Å². The highest BCUT2D eigenvalue weighted by atomic mass is 35.5. The summed E-state index contributed by atoms with van der Waals surface area (Å²) in [6, 6.07) is 8.84. The molecule has 162 valence electrons. The first kappa shape index (κ1) is 21.5. The third-order valence-corrected chi connectivity index (χ3v) is 7.56. The monoisotopic (exact) mass is 521 g/mol. The summed E-state index contributed by atoms with van der Waals surface area (Å²) < 4.78 is 3.10. The molecular formula is C21H14Cl3N5OS2. The molecule has 6 nitrogen and oxygen atoms in total. The molecule has 1 N–H and O–H groups in total. The molecular weight excluding hydrogens is 509 g/mol. The fraction of sp³-hybridized carbons (Fsp3) is 0.0952. The summed E-state index contributed by atoms with van der Waals surface area (Å²) in [5, 5.41) is 13.6. The molecule has 0 aliphatic rings. The number of halogens is 3. The Morgan fingerprint density at radius 3 is 2.56 bits per heavy atom. The van der Waals surface area contributed by atoms with Gasteiger partial charge in [0.1, 0.15) is 0 Å². The maximum Gasteiger partial charge on any atom is 0.283 e. The molecule has 0 saturated heterocycles. The maximum atomic E-state index is 13.5. The normalized spacial score (nSPS) is 11.4. The number of aryl methyl sites for hydroxylation is 2. The van der Waals surface area contributed by atoms with Crippen molar-refractivity contribution in [2.45, 2.75) is 13.8 Å². The smallest absolute Gasteiger partial charge is 0.283 e.